The van der Waals surface area contributed by atoms with Crippen LogP contribution >= 0.6 is 15.9 Å². The van der Waals surface area contributed by atoms with Crippen molar-refractivity contribution in [3.8, 4) is 0 Å². The molecule has 0 aliphatic heterocycles. The lowest BCUT2D eigenvalue weighted by molar-refractivity contribution is 0.0943. The number of carbonyl (C=O) groups is 1. The molecule has 0 bridgehead atoms. The van der Waals surface area contributed by atoms with Gasteiger partial charge in [0.05, 0.1) is 10.5 Å². The van der Waals surface area contributed by atoms with Crippen LogP contribution in [0.2, 0.25) is 0 Å². The van der Waals surface area contributed by atoms with Crippen LogP contribution in [0.5, 0.6) is 0 Å². The van der Waals surface area contributed by atoms with Crippen LogP contribution in [0.25, 0.3) is 0 Å². The van der Waals surface area contributed by atoms with E-state index in [9.17, 15) is 17.6 Å². The molecule has 1 aromatic carbocycles. The van der Waals surface area contributed by atoms with Crippen molar-refractivity contribution in [2.24, 2.45) is 11.1 Å². The minimum Gasteiger partial charge on any atom is -0.352 e. The highest BCUT2D eigenvalue weighted by Crippen LogP contribution is 2.26. The number of amides is 1. The summed E-state index contributed by atoms with van der Waals surface area (Å²) in [6, 6.07) is 1.89. The number of hydrogen-bond acceptors (Lipinski definition) is 3. The first-order chi connectivity index (χ1) is 9.79. The lowest BCUT2D eigenvalue weighted by Gasteiger charge is -2.12. The second-order valence-electron chi connectivity index (χ2n) is 5.17. The largest absolute Gasteiger partial charge is 0.352 e. The van der Waals surface area contributed by atoms with Gasteiger partial charge in [0, 0.05) is 11.0 Å². The number of halogens is 2. The number of sulfonamides is 1. The summed E-state index contributed by atoms with van der Waals surface area (Å²) < 4.78 is 36.6. The van der Waals surface area contributed by atoms with E-state index < -0.39 is 21.7 Å². The summed E-state index contributed by atoms with van der Waals surface area (Å²) in [5.74, 6) is -1.01. The highest BCUT2D eigenvalue weighted by Gasteiger charge is 2.21. The van der Waals surface area contributed by atoms with Crippen molar-refractivity contribution >= 4 is 31.9 Å². The van der Waals surface area contributed by atoms with Crippen molar-refractivity contribution < 1.29 is 17.6 Å². The van der Waals surface area contributed by atoms with Gasteiger partial charge in [-0.15, -0.1) is 0 Å². The molecule has 0 unspecified atom stereocenters. The van der Waals surface area contributed by atoms with E-state index in [0.717, 1.165) is 37.8 Å². The summed E-state index contributed by atoms with van der Waals surface area (Å²) >= 11 is 2.93. The molecular weight excluding hydrogens is 363 g/mol. The van der Waals surface area contributed by atoms with E-state index in [1.54, 1.807) is 0 Å². The van der Waals surface area contributed by atoms with Gasteiger partial charge in [-0.3, -0.25) is 4.79 Å². The molecule has 0 spiro atoms. The molecule has 5 nitrogen and oxygen atoms in total. The molecular formula is C13H16BrFN2O3S. The Kier molecular flexibility index (Phi) is 5.00. The topological polar surface area (TPSA) is 89.3 Å². The molecule has 0 radical (unpaired) electrons. The summed E-state index contributed by atoms with van der Waals surface area (Å²) in [6.07, 6.45) is 4.38. The van der Waals surface area contributed by atoms with Crippen LogP contribution in [-0.2, 0) is 10.0 Å². The molecule has 1 aliphatic carbocycles. The molecule has 1 aliphatic rings. The lowest BCUT2D eigenvalue weighted by Crippen LogP contribution is -2.29. The average Bonchev–Trinajstić information content (AvgIpc) is 2.87. The predicted octanol–water partition coefficient (Wildman–Crippen LogP) is 2.16. The number of carbonyl (C=O) groups excluding carboxylic acids is 1. The second-order valence-corrected chi connectivity index (χ2v) is 7.55. The second kappa shape index (κ2) is 6.41. The van der Waals surface area contributed by atoms with Gasteiger partial charge in [-0.1, -0.05) is 12.8 Å². The Morgan fingerprint density at radius 2 is 2.00 bits per heavy atom. The molecule has 0 atom stereocenters. The average molecular weight is 379 g/mol. The van der Waals surface area contributed by atoms with Gasteiger partial charge < -0.3 is 5.32 Å². The summed E-state index contributed by atoms with van der Waals surface area (Å²) in [5.41, 5.74) is -0.319. The fourth-order valence-electron chi connectivity index (χ4n) is 2.47. The van der Waals surface area contributed by atoms with E-state index >= 15 is 0 Å². The Balaban J connectivity index is 2.20. The number of nitrogens with two attached hydrogens (primary N) is 1. The molecule has 1 saturated carbocycles. The number of primary sulfonamides is 1. The maximum atomic E-state index is 13.8. The van der Waals surface area contributed by atoms with Crippen molar-refractivity contribution in [2.45, 2.75) is 30.6 Å². The van der Waals surface area contributed by atoms with Crippen molar-refractivity contribution in [1.29, 1.82) is 0 Å². The first-order valence-electron chi connectivity index (χ1n) is 6.59. The summed E-state index contributed by atoms with van der Waals surface area (Å²) in [5, 5.41) is 7.69. The zero-order valence-corrected chi connectivity index (χ0v) is 13.6. The van der Waals surface area contributed by atoms with Crippen LogP contribution in [-0.4, -0.2) is 20.9 Å². The number of benzene rings is 1. The van der Waals surface area contributed by atoms with Crippen LogP contribution in [0.15, 0.2) is 21.5 Å². The standard InChI is InChI=1S/C13H16BrFN2O3S/c14-10-6-11(15)9(5-12(10)21(16,19)20)13(18)17-7-8-3-1-2-4-8/h5-6,8H,1-4,7H2,(H,17,18)(H2,16,19,20). The molecule has 2 rings (SSSR count). The van der Waals surface area contributed by atoms with Crippen molar-refractivity contribution in [2.75, 3.05) is 6.54 Å². The van der Waals surface area contributed by atoms with Crippen molar-refractivity contribution in [3.05, 3.63) is 28.0 Å². The maximum absolute atomic E-state index is 13.8. The third-order valence-electron chi connectivity index (χ3n) is 3.60. The molecule has 0 heterocycles. The van der Waals surface area contributed by atoms with Gasteiger partial charge in [0.1, 0.15) is 5.82 Å². The minimum atomic E-state index is -4.03. The van der Waals surface area contributed by atoms with Crippen LogP contribution < -0.4 is 10.5 Å². The SMILES string of the molecule is NS(=O)(=O)c1cc(C(=O)NCC2CCCC2)c(F)cc1Br. The predicted molar refractivity (Wildman–Crippen MR) is 79.8 cm³/mol. The van der Waals surface area contributed by atoms with E-state index in [0.29, 0.717) is 12.5 Å². The van der Waals surface area contributed by atoms with Gasteiger partial charge in [0.15, 0.2) is 0 Å². The van der Waals surface area contributed by atoms with Crippen LogP contribution in [0, 0.1) is 11.7 Å². The van der Waals surface area contributed by atoms with Crippen LogP contribution in [0.3, 0.4) is 0 Å². The molecule has 3 N–H and O–H groups in total. The summed E-state index contributed by atoms with van der Waals surface area (Å²) in [4.78, 5) is 11.7. The van der Waals surface area contributed by atoms with Crippen molar-refractivity contribution in [3.63, 3.8) is 0 Å². The summed E-state index contributed by atoms with van der Waals surface area (Å²) in [6.45, 7) is 0.471. The molecule has 1 amide bonds. The van der Waals surface area contributed by atoms with E-state index in [1.807, 2.05) is 0 Å². The van der Waals surface area contributed by atoms with Gasteiger partial charge in [0.2, 0.25) is 10.0 Å². The lowest BCUT2D eigenvalue weighted by atomic mass is 10.1. The molecule has 1 fully saturated rings. The van der Waals surface area contributed by atoms with E-state index in [2.05, 4.69) is 21.2 Å². The monoisotopic (exact) mass is 378 g/mol. The van der Waals surface area contributed by atoms with Gasteiger partial charge >= 0.3 is 0 Å². The highest BCUT2D eigenvalue weighted by atomic mass is 79.9. The Hall–Kier alpha value is -0.990. The normalized spacial score (nSPS) is 16.1. The fraction of sp³-hybridized carbons (Fsp3) is 0.462. The number of nitrogens with one attached hydrogen (secondary N) is 1. The maximum Gasteiger partial charge on any atom is 0.254 e. The third-order valence-corrected chi connectivity index (χ3v) is 5.47. The molecule has 21 heavy (non-hydrogen) atoms. The smallest absolute Gasteiger partial charge is 0.254 e. The molecule has 8 heteroatoms. The van der Waals surface area contributed by atoms with Gasteiger partial charge in [0.25, 0.3) is 5.91 Å². The third kappa shape index (κ3) is 4.02. The summed E-state index contributed by atoms with van der Waals surface area (Å²) in [7, 11) is -4.03. The van der Waals surface area contributed by atoms with E-state index in [4.69, 9.17) is 5.14 Å². The Morgan fingerprint density at radius 1 is 1.38 bits per heavy atom. The van der Waals surface area contributed by atoms with Gasteiger partial charge in [-0.25, -0.2) is 17.9 Å². The quantitative estimate of drug-likeness (QED) is 0.840. The number of rotatable bonds is 4. The van der Waals surface area contributed by atoms with Crippen molar-refractivity contribution in [1.82, 2.24) is 5.32 Å². The zero-order chi connectivity index (χ0) is 15.6. The first kappa shape index (κ1) is 16.4. The molecule has 0 aromatic heterocycles. The first-order valence-corrected chi connectivity index (χ1v) is 8.93. The number of hydrogen-bond donors (Lipinski definition) is 2. The molecule has 116 valence electrons. The van der Waals surface area contributed by atoms with Gasteiger partial charge in [-0.2, -0.15) is 0 Å². The Bertz CT molecular complexity index is 658. The minimum absolute atomic E-state index is 0.00478. The Morgan fingerprint density at radius 3 is 2.57 bits per heavy atom. The molecule has 0 saturated heterocycles. The highest BCUT2D eigenvalue weighted by molar-refractivity contribution is 9.10. The zero-order valence-electron chi connectivity index (χ0n) is 11.2. The van der Waals surface area contributed by atoms with E-state index in [-0.39, 0.29) is 14.9 Å². The van der Waals surface area contributed by atoms with Gasteiger partial charge in [-0.05, 0) is 46.8 Å². The fourth-order valence-corrected chi connectivity index (χ4v) is 4.07. The van der Waals surface area contributed by atoms with E-state index in [1.165, 1.54) is 0 Å². The Labute approximate surface area is 131 Å². The molecule has 1 aromatic rings. The van der Waals surface area contributed by atoms with Crippen LogP contribution in [0.4, 0.5) is 4.39 Å². The van der Waals surface area contributed by atoms with Crippen LogP contribution in [0.1, 0.15) is 36.0 Å².